The first-order valence-electron chi connectivity index (χ1n) is 10.4. The van der Waals surface area contributed by atoms with Crippen LogP contribution in [-0.2, 0) is 14.6 Å². The molecule has 2 aliphatic rings. The second kappa shape index (κ2) is 7.70. The molecule has 8 nitrogen and oxygen atoms in total. The van der Waals surface area contributed by atoms with Gasteiger partial charge in [-0.2, -0.15) is 0 Å². The lowest BCUT2D eigenvalue weighted by atomic mass is 10.1. The Balaban J connectivity index is 1.42. The van der Waals surface area contributed by atoms with E-state index in [0.717, 1.165) is 12.8 Å². The molecule has 1 N–H and O–H groups in total. The molecule has 1 saturated carbocycles. The van der Waals surface area contributed by atoms with Gasteiger partial charge in [0.2, 0.25) is 5.91 Å². The van der Waals surface area contributed by atoms with Gasteiger partial charge >= 0.3 is 0 Å². The predicted octanol–water partition coefficient (Wildman–Crippen LogP) is 2.36. The molecule has 0 spiro atoms. The number of anilines is 1. The molecule has 3 heterocycles. The molecule has 166 valence electrons. The van der Waals surface area contributed by atoms with Gasteiger partial charge in [0.1, 0.15) is 11.5 Å². The van der Waals surface area contributed by atoms with E-state index in [2.05, 4.69) is 10.3 Å². The minimum atomic E-state index is -3.11. The van der Waals surface area contributed by atoms with Crippen LogP contribution in [0.3, 0.4) is 0 Å². The van der Waals surface area contributed by atoms with Gasteiger partial charge in [-0.1, -0.05) is 6.07 Å². The minimum absolute atomic E-state index is 0.0434. The highest BCUT2D eigenvalue weighted by atomic mass is 32.2. The summed E-state index contributed by atoms with van der Waals surface area (Å²) in [7, 11) is -3.11. The highest BCUT2D eigenvalue weighted by Gasteiger charge is 2.30. The molecule has 0 radical (unpaired) electrons. The van der Waals surface area contributed by atoms with Crippen LogP contribution < -0.4 is 5.32 Å². The van der Waals surface area contributed by atoms with Crippen LogP contribution in [0.15, 0.2) is 42.6 Å². The third-order valence-electron chi connectivity index (χ3n) is 5.82. The SMILES string of the molecule is O=C(Nc1cn2c(-c3ccc(C(=O)N4CCS(=O)(=O)CC4)cc3F)cccc2n1)C1CC1. The summed E-state index contributed by atoms with van der Waals surface area (Å²) < 4.78 is 39.9. The number of imidazole rings is 1. The number of pyridine rings is 1. The molecule has 5 rings (SSSR count). The number of nitrogens with one attached hydrogen (secondary N) is 1. The van der Waals surface area contributed by atoms with Gasteiger partial charge in [0.05, 0.1) is 23.4 Å². The monoisotopic (exact) mass is 456 g/mol. The first kappa shape index (κ1) is 20.6. The zero-order chi connectivity index (χ0) is 22.5. The quantitative estimate of drug-likeness (QED) is 0.650. The predicted molar refractivity (Wildman–Crippen MR) is 116 cm³/mol. The van der Waals surface area contributed by atoms with Crippen molar-refractivity contribution < 1.29 is 22.4 Å². The number of carbonyl (C=O) groups excluding carboxylic acids is 2. The van der Waals surface area contributed by atoms with Gasteiger partial charge < -0.3 is 10.2 Å². The van der Waals surface area contributed by atoms with Gasteiger partial charge in [-0.25, -0.2) is 17.8 Å². The molecular weight excluding hydrogens is 435 g/mol. The van der Waals surface area contributed by atoms with E-state index in [-0.39, 0.29) is 47.5 Å². The molecule has 2 amide bonds. The van der Waals surface area contributed by atoms with Crippen molar-refractivity contribution in [3.05, 3.63) is 54.0 Å². The van der Waals surface area contributed by atoms with Crippen molar-refractivity contribution >= 4 is 33.1 Å². The van der Waals surface area contributed by atoms with E-state index < -0.39 is 21.6 Å². The van der Waals surface area contributed by atoms with Crippen molar-refractivity contribution in [2.45, 2.75) is 12.8 Å². The molecule has 1 aromatic carbocycles. The lowest BCUT2D eigenvalue weighted by Gasteiger charge is -2.26. The van der Waals surface area contributed by atoms with Crippen LogP contribution in [0.1, 0.15) is 23.2 Å². The van der Waals surface area contributed by atoms with Crippen LogP contribution in [0.2, 0.25) is 0 Å². The standard InChI is InChI=1S/C22H21FN4O4S/c23-17-12-15(22(29)26-8-10-32(30,31)11-9-26)6-7-16(17)18-2-1-3-20-24-19(13-27(18)20)25-21(28)14-4-5-14/h1-3,6-7,12-14H,4-5,8-11H2,(H,25,28). The zero-order valence-corrected chi connectivity index (χ0v) is 17.9. The summed E-state index contributed by atoms with van der Waals surface area (Å²) in [6.07, 6.45) is 3.42. The summed E-state index contributed by atoms with van der Waals surface area (Å²) in [6.45, 7) is 0.211. The van der Waals surface area contributed by atoms with Crippen LogP contribution in [0.25, 0.3) is 16.9 Å². The number of hydrogen-bond donors (Lipinski definition) is 1. The van der Waals surface area contributed by atoms with Crippen molar-refractivity contribution in [2.24, 2.45) is 5.92 Å². The third-order valence-corrected chi connectivity index (χ3v) is 7.42. The molecule has 1 aliphatic heterocycles. The largest absolute Gasteiger partial charge is 0.337 e. The molecule has 1 aliphatic carbocycles. The highest BCUT2D eigenvalue weighted by Crippen LogP contribution is 2.31. The minimum Gasteiger partial charge on any atom is -0.337 e. The van der Waals surface area contributed by atoms with Crippen LogP contribution >= 0.6 is 0 Å². The fourth-order valence-electron chi connectivity index (χ4n) is 3.82. The lowest BCUT2D eigenvalue weighted by molar-refractivity contribution is -0.117. The first-order valence-corrected chi connectivity index (χ1v) is 12.2. The Kier molecular flexibility index (Phi) is 4.96. The smallest absolute Gasteiger partial charge is 0.254 e. The Morgan fingerprint density at radius 3 is 2.53 bits per heavy atom. The van der Waals surface area contributed by atoms with Gasteiger partial charge in [0, 0.05) is 30.1 Å². The normalized spacial score (nSPS) is 18.0. The highest BCUT2D eigenvalue weighted by molar-refractivity contribution is 7.91. The number of amides is 2. The maximum atomic E-state index is 15.1. The molecule has 0 unspecified atom stereocenters. The van der Waals surface area contributed by atoms with E-state index in [1.807, 2.05) is 0 Å². The van der Waals surface area contributed by atoms with Crippen LogP contribution in [0.5, 0.6) is 0 Å². The van der Waals surface area contributed by atoms with Gasteiger partial charge in [-0.05, 0) is 43.2 Å². The number of rotatable bonds is 4. The molecule has 32 heavy (non-hydrogen) atoms. The number of sulfone groups is 1. The fraction of sp³-hybridized carbons (Fsp3) is 0.318. The molecule has 1 saturated heterocycles. The van der Waals surface area contributed by atoms with Gasteiger partial charge in [-0.3, -0.25) is 14.0 Å². The number of aromatic nitrogens is 2. The molecule has 2 aromatic heterocycles. The van der Waals surface area contributed by atoms with Crippen LogP contribution in [0, 0.1) is 11.7 Å². The van der Waals surface area contributed by atoms with Crippen molar-refractivity contribution in [2.75, 3.05) is 29.9 Å². The molecule has 0 atom stereocenters. The van der Waals surface area contributed by atoms with Crippen LogP contribution in [-0.4, -0.2) is 59.1 Å². The average Bonchev–Trinajstić information content (AvgIpc) is 3.53. The fourth-order valence-corrected chi connectivity index (χ4v) is 5.02. The maximum absolute atomic E-state index is 15.1. The second-order valence-corrected chi connectivity index (χ2v) is 10.5. The summed E-state index contributed by atoms with van der Waals surface area (Å²) in [4.78, 5) is 30.6. The molecule has 2 fully saturated rings. The Labute approximate surface area is 184 Å². The zero-order valence-electron chi connectivity index (χ0n) is 17.1. The van der Waals surface area contributed by atoms with Crippen molar-refractivity contribution in [3.8, 4) is 11.3 Å². The van der Waals surface area contributed by atoms with Gasteiger partial charge in [-0.15, -0.1) is 0 Å². The van der Waals surface area contributed by atoms with Crippen molar-refractivity contribution in [1.82, 2.24) is 14.3 Å². The van der Waals surface area contributed by atoms with Gasteiger partial charge in [0.15, 0.2) is 15.7 Å². The number of fused-ring (bicyclic) bond motifs is 1. The van der Waals surface area contributed by atoms with Crippen molar-refractivity contribution in [1.29, 1.82) is 0 Å². The summed E-state index contributed by atoms with van der Waals surface area (Å²) >= 11 is 0. The number of halogens is 1. The summed E-state index contributed by atoms with van der Waals surface area (Å²) in [5.74, 6) is -0.747. The number of carbonyl (C=O) groups is 2. The summed E-state index contributed by atoms with van der Waals surface area (Å²) in [5, 5.41) is 2.80. The Morgan fingerprint density at radius 2 is 1.84 bits per heavy atom. The molecule has 3 aromatic rings. The Bertz CT molecular complexity index is 1330. The third kappa shape index (κ3) is 3.97. The van der Waals surface area contributed by atoms with Gasteiger partial charge in [0.25, 0.3) is 5.91 Å². The van der Waals surface area contributed by atoms with E-state index >= 15 is 4.39 Å². The van der Waals surface area contributed by atoms with E-state index in [4.69, 9.17) is 0 Å². The van der Waals surface area contributed by atoms with E-state index in [1.54, 1.807) is 28.8 Å². The van der Waals surface area contributed by atoms with Crippen molar-refractivity contribution in [3.63, 3.8) is 0 Å². The average molecular weight is 456 g/mol. The second-order valence-electron chi connectivity index (χ2n) is 8.17. The topological polar surface area (TPSA) is 101 Å². The van der Waals surface area contributed by atoms with E-state index in [1.165, 1.54) is 23.1 Å². The summed E-state index contributed by atoms with van der Waals surface area (Å²) in [5.41, 5.74) is 1.54. The number of benzene rings is 1. The lowest BCUT2D eigenvalue weighted by Crippen LogP contribution is -2.43. The van der Waals surface area contributed by atoms with E-state index in [0.29, 0.717) is 17.2 Å². The summed E-state index contributed by atoms with van der Waals surface area (Å²) in [6, 6.07) is 9.48. The molecular formula is C22H21FN4O4S. The molecule has 10 heteroatoms. The van der Waals surface area contributed by atoms with Crippen LogP contribution in [0.4, 0.5) is 10.2 Å². The Hall–Kier alpha value is -3.27. The van der Waals surface area contributed by atoms with E-state index in [9.17, 15) is 18.0 Å². The number of hydrogen-bond acceptors (Lipinski definition) is 5. The number of nitrogens with zero attached hydrogens (tertiary/aromatic N) is 3. The Morgan fingerprint density at radius 1 is 1.09 bits per heavy atom. The first-order chi connectivity index (χ1) is 15.3. The maximum Gasteiger partial charge on any atom is 0.254 e. The molecule has 0 bridgehead atoms.